The molecule has 0 heterocycles. The number of ether oxygens (including phenoxy) is 1. The maximum absolute atomic E-state index is 11.7. The molecule has 3 N–H and O–H groups in total. The van der Waals surface area contributed by atoms with E-state index in [1.807, 2.05) is 13.8 Å². The number of nitrogens with one attached hydrogen (secondary N) is 1. The molecular formula is C13H18N2O2. The summed E-state index contributed by atoms with van der Waals surface area (Å²) in [5, 5.41) is 2.80. The number of carbonyl (C=O) groups excluding carboxylic acids is 1. The summed E-state index contributed by atoms with van der Waals surface area (Å²) in [6.07, 6.45) is 1.64. The molecule has 0 fully saturated rings. The van der Waals surface area contributed by atoms with Crippen LogP contribution in [0.25, 0.3) is 0 Å². The Balaban J connectivity index is 2.80. The van der Waals surface area contributed by atoms with E-state index in [9.17, 15) is 4.79 Å². The summed E-state index contributed by atoms with van der Waals surface area (Å²) >= 11 is 0. The zero-order chi connectivity index (χ0) is 12.8. The lowest BCUT2D eigenvalue weighted by Gasteiger charge is -2.11. The fourth-order valence-corrected chi connectivity index (χ4v) is 1.32. The number of rotatable bonds is 5. The Morgan fingerprint density at radius 3 is 2.82 bits per heavy atom. The monoisotopic (exact) mass is 234 g/mol. The molecule has 1 amide bonds. The summed E-state index contributed by atoms with van der Waals surface area (Å²) in [6.45, 7) is 7.76. The van der Waals surface area contributed by atoms with Crippen LogP contribution in [-0.4, -0.2) is 18.6 Å². The van der Waals surface area contributed by atoms with Crippen LogP contribution in [0, 0.1) is 0 Å². The van der Waals surface area contributed by atoms with E-state index in [1.165, 1.54) is 0 Å². The van der Waals surface area contributed by atoms with Crippen LogP contribution in [0.15, 0.2) is 30.9 Å². The highest BCUT2D eigenvalue weighted by Crippen LogP contribution is 2.22. The summed E-state index contributed by atoms with van der Waals surface area (Å²) < 4.78 is 5.33. The van der Waals surface area contributed by atoms with E-state index >= 15 is 0 Å². The van der Waals surface area contributed by atoms with Crippen LogP contribution < -0.4 is 15.8 Å². The fraction of sp³-hybridized carbons (Fsp3) is 0.308. The van der Waals surface area contributed by atoms with Gasteiger partial charge in [0.2, 0.25) is 0 Å². The molecule has 0 aliphatic carbocycles. The van der Waals surface area contributed by atoms with Crippen LogP contribution in [0.4, 0.5) is 5.69 Å². The van der Waals surface area contributed by atoms with E-state index in [0.717, 1.165) is 0 Å². The zero-order valence-electron chi connectivity index (χ0n) is 10.2. The molecule has 0 aliphatic rings. The summed E-state index contributed by atoms with van der Waals surface area (Å²) in [4.78, 5) is 11.7. The molecule has 1 aromatic rings. The van der Waals surface area contributed by atoms with Crippen molar-refractivity contribution in [3.05, 3.63) is 36.4 Å². The number of anilines is 1. The topological polar surface area (TPSA) is 64.3 Å². The number of benzene rings is 1. The minimum atomic E-state index is -0.137. The molecule has 4 heteroatoms. The number of carbonyl (C=O) groups is 1. The standard InChI is InChI=1S/C13H18N2O2/c1-4-7-17-12-6-5-10(8-11(12)14)13(16)15-9(2)3/h4-6,8-9H,1,7,14H2,2-3H3,(H,15,16). The lowest BCUT2D eigenvalue weighted by atomic mass is 10.1. The number of nitrogen functional groups attached to an aromatic ring is 1. The number of hydrogen-bond acceptors (Lipinski definition) is 3. The molecule has 0 unspecified atom stereocenters. The van der Waals surface area contributed by atoms with E-state index in [4.69, 9.17) is 10.5 Å². The minimum absolute atomic E-state index is 0.0976. The highest BCUT2D eigenvalue weighted by molar-refractivity contribution is 5.95. The van der Waals surface area contributed by atoms with E-state index in [2.05, 4.69) is 11.9 Å². The lowest BCUT2D eigenvalue weighted by Crippen LogP contribution is -2.30. The Hall–Kier alpha value is -1.97. The molecule has 0 aliphatic heterocycles. The molecule has 0 radical (unpaired) electrons. The van der Waals surface area contributed by atoms with Gasteiger partial charge in [-0.25, -0.2) is 0 Å². The predicted octanol–water partition coefficient (Wildman–Crippen LogP) is 1.97. The number of nitrogens with two attached hydrogens (primary N) is 1. The zero-order valence-corrected chi connectivity index (χ0v) is 10.2. The second-order valence-electron chi connectivity index (χ2n) is 3.98. The van der Waals surface area contributed by atoms with Crippen LogP contribution in [0.2, 0.25) is 0 Å². The third kappa shape index (κ3) is 3.83. The van der Waals surface area contributed by atoms with Gasteiger partial charge in [0.25, 0.3) is 5.91 Å². The van der Waals surface area contributed by atoms with Crippen molar-refractivity contribution in [1.82, 2.24) is 5.32 Å². The minimum Gasteiger partial charge on any atom is -0.487 e. The van der Waals surface area contributed by atoms with Crippen LogP contribution in [0.3, 0.4) is 0 Å². The van der Waals surface area contributed by atoms with Crippen molar-refractivity contribution >= 4 is 11.6 Å². The van der Waals surface area contributed by atoms with E-state index in [1.54, 1.807) is 24.3 Å². The maximum atomic E-state index is 11.7. The van der Waals surface area contributed by atoms with Gasteiger partial charge in [-0.3, -0.25) is 4.79 Å². The molecular weight excluding hydrogens is 216 g/mol. The summed E-state index contributed by atoms with van der Waals surface area (Å²) in [5.74, 6) is 0.424. The van der Waals surface area contributed by atoms with Gasteiger partial charge < -0.3 is 15.8 Å². The Kier molecular flexibility index (Phi) is 4.57. The van der Waals surface area contributed by atoms with Crippen molar-refractivity contribution in [2.75, 3.05) is 12.3 Å². The highest BCUT2D eigenvalue weighted by Gasteiger charge is 2.09. The second-order valence-corrected chi connectivity index (χ2v) is 3.98. The van der Waals surface area contributed by atoms with Crippen LogP contribution in [0.1, 0.15) is 24.2 Å². The first-order chi connectivity index (χ1) is 8.04. The average Bonchev–Trinajstić information content (AvgIpc) is 2.26. The molecule has 0 aromatic heterocycles. The first-order valence-corrected chi connectivity index (χ1v) is 5.48. The first kappa shape index (κ1) is 13.1. The van der Waals surface area contributed by atoms with Crippen molar-refractivity contribution in [3.8, 4) is 5.75 Å². The molecule has 0 bridgehead atoms. The first-order valence-electron chi connectivity index (χ1n) is 5.48. The van der Waals surface area contributed by atoms with Gasteiger partial charge in [0.05, 0.1) is 5.69 Å². The van der Waals surface area contributed by atoms with Gasteiger partial charge >= 0.3 is 0 Å². The molecule has 1 rings (SSSR count). The summed E-state index contributed by atoms with van der Waals surface area (Å²) in [5.41, 5.74) is 6.77. The van der Waals surface area contributed by atoms with Crippen molar-refractivity contribution in [3.63, 3.8) is 0 Å². The molecule has 0 spiro atoms. The third-order valence-corrected chi connectivity index (χ3v) is 2.05. The van der Waals surface area contributed by atoms with Gasteiger partial charge in [0.15, 0.2) is 0 Å². The second kappa shape index (κ2) is 5.94. The molecule has 1 aromatic carbocycles. The number of amides is 1. The van der Waals surface area contributed by atoms with Crippen molar-refractivity contribution in [2.45, 2.75) is 19.9 Å². The van der Waals surface area contributed by atoms with E-state index in [0.29, 0.717) is 23.6 Å². The predicted molar refractivity (Wildman–Crippen MR) is 69.1 cm³/mol. The summed E-state index contributed by atoms with van der Waals surface area (Å²) in [6, 6.07) is 5.08. The lowest BCUT2D eigenvalue weighted by molar-refractivity contribution is 0.0943. The van der Waals surface area contributed by atoms with Gasteiger partial charge in [0.1, 0.15) is 12.4 Å². The van der Waals surface area contributed by atoms with E-state index < -0.39 is 0 Å². The molecule has 92 valence electrons. The van der Waals surface area contributed by atoms with Gasteiger partial charge in [-0.15, -0.1) is 0 Å². The van der Waals surface area contributed by atoms with Crippen molar-refractivity contribution < 1.29 is 9.53 Å². The normalized spacial score (nSPS) is 10.1. The van der Waals surface area contributed by atoms with Gasteiger partial charge in [-0.2, -0.15) is 0 Å². The molecule has 0 saturated heterocycles. The van der Waals surface area contributed by atoms with Crippen molar-refractivity contribution in [2.24, 2.45) is 0 Å². The Morgan fingerprint density at radius 1 is 1.59 bits per heavy atom. The van der Waals surface area contributed by atoms with Gasteiger partial charge in [-0.1, -0.05) is 12.7 Å². The number of hydrogen-bond donors (Lipinski definition) is 2. The van der Waals surface area contributed by atoms with Crippen LogP contribution in [0.5, 0.6) is 5.75 Å². The molecule has 0 saturated carbocycles. The quantitative estimate of drug-likeness (QED) is 0.604. The Bertz CT molecular complexity index is 414. The molecule has 0 atom stereocenters. The highest BCUT2D eigenvalue weighted by atomic mass is 16.5. The van der Waals surface area contributed by atoms with Crippen molar-refractivity contribution in [1.29, 1.82) is 0 Å². The average molecular weight is 234 g/mol. The smallest absolute Gasteiger partial charge is 0.251 e. The van der Waals surface area contributed by atoms with Gasteiger partial charge in [0, 0.05) is 11.6 Å². The Labute approximate surface area is 101 Å². The molecule has 4 nitrogen and oxygen atoms in total. The fourth-order valence-electron chi connectivity index (χ4n) is 1.32. The van der Waals surface area contributed by atoms with Crippen LogP contribution in [-0.2, 0) is 0 Å². The van der Waals surface area contributed by atoms with Crippen LogP contribution >= 0.6 is 0 Å². The third-order valence-electron chi connectivity index (χ3n) is 2.05. The largest absolute Gasteiger partial charge is 0.487 e. The Morgan fingerprint density at radius 2 is 2.29 bits per heavy atom. The SMILES string of the molecule is C=CCOc1ccc(C(=O)NC(C)C)cc1N. The van der Waals surface area contributed by atoms with E-state index in [-0.39, 0.29) is 11.9 Å². The molecule has 17 heavy (non-hydrogen) atoms. The summed E-state index contributed by atoms with van der Waals surface area (Å²) in [7, 11) is 0. The maximum Gasteiger partial charge on any atom is 0.251 e. The van der Waals surface area contributed by atoms with Gasteiger partial charge in [-0.05, 0) is 32.0 Å².